The molecule has 3 nitrogen and oxygen atoms in total. The summed E-state index contributed by atoms with van der Waals surface area (Å²) in [5, 5.41) is 0. The molecule has 3 rings (SSSR count). The second kappa shape index (κ2) is 16.8. The second-order valence-corrected chi connectivity index (χ2v) is 14.6. The van der Waals surface area contributed by atoms with E-state index in [4.69, 9.17) is 28.8 Å². The molecular weight excluding hydrogens is 545 g/mol. The van der Waals surface area contributed by atoms with Crippen molar-refractivity contribution in [1.82, 2.24) is 15.0 Å². The molecule has 0 saturated heterocycles. The van der Waals surface area contributed by atoms with Gasteiger partial charge in [-0.05, 0) is 49.2 Å². The molecule has 0 aromatic carbocycles. The van der Waals surface area contributed by atoms with Crippen molar-refractivity contribution in [1.29, 1.82) is 0 Å². The van der Waals surface area contributed by atoms with Gasteiger partial charge in [-0.3, -0.25) is 15.0 Å². The first-order valence-corrected chi connectivity index (χ1v) is 15.7. The number of aryl methyl sites for hydroxylation is 2. The van der Waals surface area contributed by atoms with E-state index in [9.17, 15) is 0 Å². The van der Waals surface area contributed by atoms with Crippen molar-refractivity contribution in [3.8, 4) is 0 Å². The van der Waals surface area contributed by atoms with Crippen LogP contribution in [0.2, 0.25) is 0 Å². The summed E-state index contributed by atoms with van der Waals surface area (Å²) in [4.78, 5) is 11.6. The molecule has 3 heterocycles. The van der Waals surface area contributed by atoms with E-state index in [1.165, 1.54) is 11.1 Å². The first-order valence-electron chi connectivity index (χ1n) is 6.75. The van der Waals surface area contributed by atoms with Crippen molar-refractivity contribution in [2.75, 3.05) is 0 Å². The fourth-order valence-electron chi connectivity index (χ4n) is 1.33. The molecule has 0 fully saturated rings. The molecule has 0 radical (unpaired) electrons. The Hall–Kier alpha value is -1.03. The number of halogens is 3. The zero-order chi connectivity index (χ0) is 18.0. The molecule has 0 atom stereocenters. The van der Waals surface area contributed by atoms with Crippen LogP contribution in [-0.2, 0) is 13.5 Å². The molecule has 132 valence electrons. The maximum absolute atomic E-state index is 4.97. The van der Waals surface area contributed by atoms with Gasteiger partial charge >= 0.3 is 42.2 Å². The first kappa shape index (κ1) is 23.0. The smallest absolute Gasteiger partial charge is 0.0267 e. The normalized spacial score (nSPS) is 8.96. The minimum absolute atomic E-state index is 1.23. The fraction of sp³-hybridized carbons (Fsp3) is 0.118. The van der Waals surface area contributed by atoms with Gasteiger partial charge in [-0.2, -0.15) is 0 Å². The molecule has 3 aromatic rings. The Balaban J connectivity index is 0.000000303. The summed E-state index contributed by atoms with van der Waals surface area (Å²) >= 11 is -1.92. The van der Waals surface area contributed by atoms with E-state index < -0.39 is 13.5 Å². The number of aromatic nitrogens is 3. The van der Waals surface area contributed by atoms with Crippen molar-refractivity contribution < 1.29 is 13.5 Å². The Bertz CT molecular complexity index is 509. The van der Waals surface area contributed by atoms with Gasteiger partial charge in [0.25, 0.3) is 0 Å². The molecule has 24 heavy (non-hydrogen) atoms. The maximum atomic E-state index is 4.97. The van der Waals surface area contributed by atoms with Crippen LogP contribution in [0.4, 0.5) is 0 Å². The van der Waals surface area contributed by atoms with Crippen LogP contribution < -0.4 is 0 Å². The van der Waals surface area contributed by atoms with Crippen LogP contribution in [0, 0.1) is 13.8 Å². The van der Waals surface area contributed by atoms with Crippen molar-refractivity contribution in [2.24, 2.45) is 0 Å². The molecule has 0 spiro atoms. The largest absolute Gasteiger partial charge is 0.265 e. The van der Waals surface area contributed by atoms with E-state index in [1.54, 1.807) is 24.8 Å². The predicted octanol–water partition coefficient (Wildman–Crippen LogP) is 5.93. The Morgan fingerprint density at radius 2 is 0.958 bits per heavy atom. The van der Waals surface area contributed by atoms with Crippen LogP contribution in [0.1, 0.15) is 11.1 Å². The molecule has 0 N–H and O–H groups in total. The van der Waals surface area contributed by atoms with Gasteiger partial charge in [0.2, 0.25) is 0 Å². The number of pyridine rings is 3. The van der Waals surface area contributed by atoms with Crippen LogP contribution in [0.5, 0.6) is 0 Å². The van der Waals surface area contributed by atoms with Crippen molar-refractivity contribution in [3.05, 3.63) is 90.8 Å². The third-order valence-corrected chi connectivity index (χ3v) is 2.14. The molecule has 0 aliphatic carbocycles. The van der Waals surface area contributed by atoms with Crippen LogP contribution in [0.3, 0.4) is 0 Å². The van der Waals surface area contributed by atoms with Crippen LogP contribution in [-0.4, -0.2) is 15.0 Å². The molecule has 0 saturated carbocycles. The van der Waals surface area contributed by atoms with Gasteiger partial charge in [0.15, 0.2) is 0 Å². The number of nitrogens with zero attached hydrogens (tertiary/aromatic N) is 3. The Morgan fingerprint density at radius 3 is 1.08 bits per heavy atom. The van der Waals surface area contributed by atoms with E-state index in [-0.39, 0.29) is 0 Å². The molecule has 0 bridgehead atoms. The quantitative estimate of drug-likeness (QED) is 0.340. The summed E-state index contributed by atoms with van der Waals surface area (Å²) in [5.74, 6) is 0. The minimum atomic E-state index is -1.92. The standard InChI is InChI=1S/C7H9N.2C5H5N.3ClH.Ir/c1-6-3-7(2)5-8-4-6;2*1-2-4-6-5-3-1;;;;/h3-5H,1-2H3;2*1-5H;3*1H;/q;;;;;;+3/p-3. The summed E-state index contributed by atoms with van der Waals surface area (Å²) in [5.41, 5.74) is 2.45. The zero-order valence-corrected chi connectivity index (χ0v) is 18.0. The second-order valence-electron chi connectivity index (χ2n) is 4.23. The maximum Gasteiger partial charge on any atom is 0.0267 e. The summed E-state index contributed by atoms with van der Waals surface area (Å²) in [7, 11) is 14.9. The van der Waals surface area contributed by atoms with Crippen molar-refractivity contribution >= 4 is 28.8 Å². The van der Waals surface area contributed by atoms with E-state index >= 15 is 0 Å². The van der Waals surface area contributed by atoms with E-state index in [0.717, 1.165) is 0 Å². The van der Waals surface area contributed by atoms with E-state index in [2.05, 4.69) is 21.0 Å². The Morgan fingerprint density at radius 1 is 0.625 bits per heavy atom. The molecule has 7 heteroatoms. The van der Waals surface area contributed by atoms with Crippen LogP contribution >= 0.6 is 28.8 Å². The average Bonchev–Trinajstić information content (AvgIpc) is 2.58. The van der Waals surface area contributed by atoms with Crippen LogP contribution in [0.15, 0.2) is 79.6 Å². The third-order valence-electron chi connectivity index (χ3n) is 2.14. The minimum Gasteiger partial charge on any atom is -0.265 e. The third kappa shape index (κ3) is 19.0. The van der Waals surface area contributed by atoms with Gasteiger partial charge in [0, 0.05) is 37.2 Å². The van der Waals surface area contributed by atoms with Gasteiger partial charge in [-0.15, -0.1) is 0 Å². The number of hydrogen-bond acceptors (Lipinski definition) is 3. The van der Waals surface area contributed by atoms with E-state index in [1.807, 2.05) is 62.6 Å². The predicted molar refractivity (Wildman–Crippen MR) is 99.7 cm³/mol. The molecule has 0 aliphatic heterocycles. The first-order chi connectivity index (χ1) is 11.5. The van der Waals surface area contributed by atoms with Gasteiger partial charge < -0.3 is 0 Å². The van der Waals surface area contributed by atoms with Gasteiger partial charge in [0.1, 0.15) is 0 Å². The molecular formula is C17H19Cl3IrN3. The zero-order valence-electron chi connectivity index (χ0n) is 13.3. The molecule has 3 aromatic heterocycles. The van der Waals surface area contributed by atoms with Crippen LogP contribution in [0.25, 0.3) is 0 Å². The van der Waals surface area contributed by atoms with Gasteiger partial charge in [-0.1, -0.05) is 18.2 Å². The Kier molecular flexibility index (Phi) is 16.1. The van der Waals surface area contributed by atoms with Crippen molar-refractivity contribution in [3.63, 3.8) is 0 Å². The molecule has 0 amide bonds. The van der Waals surface area contributed by atoms with Gasteiger partial charge in [0.05, 0.1) is 0 Å². The van der Waals surface area contributed by atoms with Crippen molar-refractivity contribution in [2.45, 2.75) is 13.8 Å². The molecule has 0 aliphatic rings. The summed E-state index contributed by atoms with van der Waals surface area (Å²) in [6.07, 6.45) is 10.7. The SMILES string of the molecule is Cc1cncc(C)c1.[Cl][Ir]([Cl])[Cl].c1ccncc1.c1ccncc1. The summed E-state index contributed by atoms with van der Waals surface area (Å²) in [6, 6.07) is 13.5. The summed E-state index contributed by atoms with van der Waals surface area (Å²) in [6.45, 7) is 4.08. The number of hydrogen-bond donors (Lipinski definition) is 0. The van der Waals surface area contributed by atoms with E-state index in [0.29, 0.717) is 0 Å². The monoisotopic (exact) mass is 563 g/mol. The Labute approximate surface area is 161 Å². The fourth-order valence-corrected chi connectivity index (χ4v) is 1.33. The average molecular weight is 564 g/mol. The summed E-state index contributed by atoms with van der Waals surface area (Å²) < 4.78 is 0. The number of rotatable bonds is 0. The van der Waals surface area contributed by atoms with Gasteiger partial charge in [-0.25, -0.2) is 0 Å². The molecule has 0 unspecified atom stereocenters. The topological polar surface area (TPSA) is 38.7 Å².